The number of imidazole rings is 1. The number of Topliss-reactive ketones (excluding diaryl/α,β-unsaturated/α-hetero) is 1. The second-order valence-electron chi connectivity index (χ2n) is 5.74. The summed E-state index contributed by atoms with van der Waals surface area (Å²) in [6.45, 7) is 4.44. The van der Waals surface area contributed by atoms with E-state index < -0.39 is 0 Å². The first-order chi connectivity index (χ1) is 9.58. The lowest BCUT2D eigenvalue weighted by molar-refractivity contribution is 0.0970. The average molecular weight is 271 g/mol. The van der Waals surface area contributed by atoms with E-state index >= 15 is 0 Å². The van der Waals surface area contributed by atoms with Gasteiger partial charge in [-0.05, 0) is 45.6 Å². The number of hydrogen-bond donors (Lipinski definition) is 0. The molecule has 4 heteroatoms. The largest absolute Gasteiger partial charge is 0.351 e. The van der Waals surface area contributed by atoms with E-state index in [1.54, 1.807) is 0 Å². The Hall–Kier alpha value is -1.84. The smallest absolute Gasteiger partial charge is 0.184 e. The van der Waals surface area contributed by atoms with Crippen molar-refractivity contribution in [2.24, 2.45) is 7.05 Å². The van der Waals surface area contributed by atoms with Gasteiger partial charge in [0.2, 0.25) is 0 Å². The van der Waals surface area contributed by atoms with Crippen molar-refractivity contribution in [3.05, 3.63) is 40.7 Å². The summed E-state index contributed by atoms with van der Waals surface area (Å²) in [6, 6.07) is 1.99. The molecule has 0 N–H and O–H groups in total. The van der Waals surface area contributed by atoms with Crippen LogP contribution in [0.2, 0.25) is 0 Å². The lowest BCUT2D eigenvalue weighted by atomic mass is 10.0. The maximum atomic E-state index is 12.5. The Morgan fingerprint density at radius 2 is 2.05 bits per heavy atom. The van der Waals surface area contributed by atoms with E-state index in [9.17, 15) is 4.79 Å². The van der Waals surface area contributed by atoms with Crippen molar-refractivity contribution in [1.82, 2.24) is 14.1 Å². The molecule has 0 unspecified atom stereocenters. The Morgan fingerprint density at radius 3 is 2.75 bits per heavy atom. The third kappa shape index (κ3) is 2.09. The predicted octanol–water partition coefficient (Wildman–Crippen LogP) is 2.60. The topological polar surface area (TPSA) is 39.8 Å². The molecule has 2 heterocycles. The number of fused-ring (bicyclic) bond motifs is 1. The Labute approximate surface area is 119 Å². The lowest BCUT2D eigenvalue weighted by Gasteiger charge is -2.13. The number of aryl methyl sites for hydroxylation is 2. The van der Waals surface area contributed by atoms with E-state index in [0.29, 0.717) is 6.54 Å². The molecule has 0 atom stereocenters. The lowest BCUT2D eigenvalue weighted by Crippen LogP contribution is -2.15. The Morgan fingerprint density at radius 1 is 1.30 bits per heavy atom. The number of ketones is 1. The van der Waals surface area contributed by atoms with Crippen molar-refractivity contribution in [2.75, 3.05) is 0 Å². The van der Waals surface area contributed by atoms with E-state index in [4.69, 9.17) is 0 Å². The van der Waals surface area contributed by atoms with Gasteiger partial charge in [-0.3, -0.25) is 4.79 Å². The SMILES string of the molecule is Cc1cc(C(=O)Cn2cnc3c2CCCC3)c(C)n1C. The van der Waals surface area contributed by atoms with Gasteiger partial charge in [0, 0.05) is 29.7 Å². The quantitative estimate of drug-likeness (QED) is 0.805. The molecule has 0 saturated carbocycles. The minimum atomic E-state index is 0.178. The molecule has 0 aliphatic heterocycles. The molecule has 2 aromatic heterocycles. The standard InChI is InChI=1S/C16H21N3O/c1-11-8-13(12(2)18(11)3)16(20)9-19-10-17-14-6-4-5-7-15(14)19/h8,10H,4-7,9H2,1-3H3. The zero-order valence-corrected chi connectivity index (χ0v) is 12.4. The molecule has 0 bridgehead atoms. The molecular formula is C16H21N3O. The van der Waals surface area contributed by atoms with Crippen LogP contribution in [-0.2, 0) is 26.4 Å². The van der Waals surface area contributed by atoms with Crippen LogP contribution in [0.3, 0.4) is 0 Å². The number of nitrogens with zero attached hydrogens (tertiary/aromatic N) is 3. The number of carbonyl (C=O) groups is 1. The molecular weight excluding hydrogens is 250 g/mol. The first-order valence-electron chi connectivity index (χ1n) is 7.27. The fourth-order valence-corrected chi connectivity index (χ4v) is 3.04. The van der Waals surface area contributed by atoms with Crippen molar-refractivity contribution in [1.29, 1.82) is 0 Å². The van der Waals surface area contributed by atoms with Gasteiger partial charge >= 0.3 is 0 Å². The van der Waals surface area contributed by atoms with Gasteiger partial charge in [-0.25, -0.2) is 4.98 Å². The fourth-order valence-electron chi connectivity index (χ4n) is 3.04. The van der Waals surface area contributed by atoms with Gasteiger partial charge in [-0.2, -0.15) is 0 Å². The monoisotopic (exact) mass is 271 g/mol. The molecule has 0 amide bonds. The molecule has 1 aliphatic rings. The van der Waals surface area contributed by atoms with Crippen LogP contribution >= 0.6 is 0 Å². The highest BCUT2D eigenvalue weighted by Crippen LogP contribution is 2.21. The maximum Gasteiger partial charge on any atom is 0.184 e. The summed E-state index contributed by atoms with van der Waals surface area (Å²) in [4.78, 5) is 17.0. The van der Waals surface area contributed by atoms with Crippen LogP contribution < -0.4 is 0 Å². The Bertz CT molecular complexity index is 664. The van der Waals surface area contributed by atoms with Crippen molar-refractivity contribution in [3.8, 4) is 0 Å². The molecule has 0 radical (unpaired) electrons. The molecule has 0 aromatic carbocycles. The van der Waals surface area contributed by atoms with Gasteiger partial charge in [-0.15, -0.1) is 0 Å². The van der Waals surface area contributed by atoms with Gasteiger partial charge in [0.05, 0.1) is 18.6 Å². The van der Waals surface area contributed by atoms with Crippen LogP contribution in [0.1, 0.15) is 46.0 Å². The van der Waals surface area contributed by atoms with Crippen LogP contribution in [0, 0.1) is 13.8 Å². The van der Waals surface area contributed by atoms with Crippen molar-refractivity contribution < 1.29 is 4.79 Å². The van der Waals surface area contributed by atoms with E-state index in [-0.39, 0.29) is 5.78 Å². The highest BCUT2D eigenvalue weighted by molar-refractivity contribution is 5.97. The summed E-state index contributed by atoms with van der Waals surface area (Å²) in [5.74, 6) is 0.178. The fraction of sp³-hybridized carbons (Fsp3) is 0.500. The molecule has 4 nitrogen and oxygen atoms in total. The second-order valence-corrected chi connectivity index (χ2v) is 5.74. The molecule has 3 rings (SSSR count). The van der Waals surface area contributed by atoms with E-state index in [1.165, 1.54) is 24.2 Å². The van der Waals surface area contributed by atoms with Gasteiger partial charge in [-0.1, -0.05) is 0 Å². The zero-order valence-electron chi connectivity index (χ0n) is 12.4. The van der Waals surface area contributed by atoms with Crippen LogP contribution in [0.5, 0.6) is 0 Å². The predicted molar refractivity (Wildman–Crippen MR) is 78.1 cm³/mol. The highest BCUT2D eigenvalue weighted by Gasteiger charge is 2.19. The van der Waals surface area contributed by atoms with E-state index in [2.05, 4.69) is 9.55 Å². The summed E-state index contributed by atoms with van der Waals surface area (Å²) in [5, 5.41) is 0. The summed E-state index contributed by atoms with van der Waals surface area (Å²) < 4.78 is 4.11. The van der Waals surface area contributed by atoms with Crippen LogP contribution in [-0.4, -0.2) is 19.9 Å². The zero-order chi connectivity index (χ0) is 14.3. The molecule has 0 saturated heterocycles. The highest BCUT2D eigenvalue weighted by atomic mass is 16.1. The van der Waals surface area contributed by atoms with Crippen molar-refractivity contribution in [2.45, 2.75) is 46.1 Å². The van der Waals surface area contributed by atoms with Gasteiger partial charge in [0.1, 0.15) is 0 Å². The first-order valence-corrected chi connectivity index (χ1v) is 7.27. The van der Waals surface area contributed by atoms with Crippen molar-refractivity contribution in [3.63, 3.8) is 0 Å². The third-order valence-electron chi connectivity index (χ3n) is 4.50. The molecule has 1 aliphatic carbocycles. The molecule has 20 heavy (non-hydrogen) atoms. The van der Waals surface area contributed by atoms with Gasteiger partial charge in [0.15, 0.2) is 5.78 Å². The third-order valence-corrected chi connectivity index (χ3v) is 4.50. The molecule has 2 aromatic rings. The Kier molecular flexibility index (Phi) is 3.24. The normalized spacial score (nSPS) is 14.3. The summed E-state index contributed by atoms with van der Waals surface area (Å²) in [7, 11) is 2.00. The Balaban J connectivity index is 1.86. The number of aromatic nitrogens is 3. The summed E-state index contributed by atoms with van der Waals surface area (Å²) in [5.41, 5.74) is 5.45. The first kappa shape index (κ1) is 13.2. The average Bonchev–Trinajstić information content (AvgIpc) is 2.96. The number of carbonyl (C=O) groups excluding carboxylic acids is 1. The van der Waals surface area contributed by atoms with Crippen LogP contribution in [0.15, 0.2) is 12.4 Å². The second kappa shape index (κ2) is 4.93. The summed E-state index contributed by atoms with van der Waals surface area (Å²) >= 11 is 0. The maximum absolute atomic E-state index is 12.5. The molecule has 0 fully saturated rings. The van der Waals surface area contributed by atoms with E-state index in [0.717, 1.165) is 29.8 Å². The molecule has 106 valence electrons. The van der Waals surface area contributed by atoms with Gasteiger partial charge in [0.25, 0.3) is 0 Å². The minimum absolute atomic E-state index is 0.178. The van der Waals surface area contributed by atoms with Gasteiger partial charge < -0.3 is 9.13 Å². The summed E-state index contributed by atoms with van der Waals surface area (Å²) in [6.07, 6.45) is 6.36. The minimum Gasteiger partial charge on any atom is -0.351 e. The number of rotatable bonds is 3. The van der Waals surface area contributed by atoms with Crippen LogP contribution in [0.4, 0.5) is 0 Å². The van der Waals surface area contributed by atoms with E-state index in [1.807, 2.05) is 37.9 Å². The number of hydrogen-bond acceptors (Lipinski definition) is 2. The van der Waals surface area contributed by atoms with Crippen LogP contribution in [0.25, 0.3) is 0 Å². The molecule has 0 spiro atoms. The van der Waals surface area contributed by atoms with Crippen molar-refractivity contribution >= 4 is 5.78 Å².